The van der Waals surface area contributed by atoms with Crippen molar-refractivity contribution in [2.45, 2.75) is 45.1 Å². The Hall–Kier alpha value is -1.51. The summed E-state index contributed by atoms with van der Waals surface area (Å²) in [5.74, 6) is -0.805. The molecule has 0 amide bonds. The maximum atomic E-state index is 11.2. The molecular weight excluding hydrogens is 214 g/mol. The maximum Gasteiger partial charge on any atom is 0.329 e. The van der Waals surface area contributed by atoms with Gasteiger partial charge in [-0.3, -0.25) is 0 Å². The van der Waals surface area contributed by atoms with E-state index in [0.717, 1.165) is 18.5 Å². The maximum absolute atomic E-state index is 11.2. The number of hydrogen-bond acceptors (Lipinski definition) is 2. The van der Waals surface area contributed by atoms with Crippen LogP contribution in [0.1, 0.15) is 37.8 Å². The molecule has 1 aliphatic carbocycles. The monoisotopic (exact) mass is 233 g/mol. The van der Waals surface area contributed by atoms with Gasteiger partial charge < -0.3 is 10.4 Å². The van der Waals surface area contributed by atoms with E-state index >= 15 is 0 Å². The highest BCUT2D eigenvalue weighted by molar-refractivity contribution is 5.82. The average Bonchev–Trinajstić information content (AvgIpc) is 2.75. The van der Waals surface area contributed by atoms with E-state index in [0.29, 0.717) is 6.42 Å². The van der Waals surface area contributed by atoms with Gasteiger partial charge in [-0.1, -0.05) is 13.0 Å². The molecule has 0 bridgehead atoms. The number of carboxylic acid groups (broad SMARTS) is 1. The molecule has 1 unspecified atom stereocenters. The van der Waals surface area contributed by atoms with Gasteiger partial charge in [0.1, 0.15) is 5.54 Å². The summed E-state index contributed by atoms with van der Waals surface area (Å²) in [6.45, 7) is 3.61. The molecule has 0 fully saturated rings. The van der Waals surface area contributed by atoms with Crippen LogP contribution in [0.2, 0.25) is 0 Å². The van der Waals surface area contributed by atoms with Crippen LogP contribution in [0.5, 0.6) is 0 Å². The van der Waals surface area contributed by atoms with E-state index in [1.54, 1.807) is 6.92 Å². The van der Waals surface area contributed by atoms with E-state index in [9.17, 15) is 9.90 Å². The van der Waals surface area contributed by atoms with Gasteiger partial charge in [0.2, 0.25) is 0 Å². The molecule has 0 saturated carbocycles. The van der Waals surface area contributed by atoms with Crippen molar-refractivity contribution in [3.63, 3.8) is 0 Å². The third kappa shape index (κ3) is 2.28. The second-order valence-electron chi connectivity index (χ2n) is 4.95. The van der Waals surface area contributed by atoms with Crippen molar-refractivity contribution in [1.82, 2.24) is 0 Å². The Balaban J connectivity index is 2.21. The predicted molar refractivity (Wildman–Crippen MR) is 68.4 cm³/mol. The molecule has 0 radical (unpaired) electrons. The molecule has 1 aromatic carbocycles. The molecule has 1 aliphatic rings. The molecule has 0 spiro atoms. The van der Waals surface area contributed by atoms with E-state index < -0.39 is 11.5 Å². The molecule has 0 aromatic heterocycles. The first-order valence-electron chi connectivity index (χ1n) is 6.18. The number of carboxylic acids is 1. The van der Waals surface area contributed by atoms with E-state index in [1.165, 1.54) is 17.5 Å². The zero-order chi connectivity index (χ0) is 12.5. The molecule has 92 valence electrons. The summed E-state index contributed by atoms with van der Waals surface area (Å²) >= 11 is 0. The van der Waals surface area contributed by atoms with Crippen molar-refractivity contribution in [1.29, 1.82) is 0 Å². The van der Waals surface area contributed by atoms with Crippen molar-refractivity contribution < 1.29 is 9.90 Å². The second-order valence-corrected chi connectivity index (χ2v) is 4.95. The molecule has 0 heterocycles. The molecule has 2 N–H and O–H groups in total. The SMILES string of the molecule is CCC(C)(Nc1ccc2c(c1)CCC2)C(=O)O. The van der Waals surface area contributed by atoms with E-state index in [-0.39, 0.29) is 0 Å². The van der Waals surface area contributed by atoms with Crippen LogP contribution in [0.25, 0.3) is 0 Å². The molecule has 0 aliphatic heterocycles. The summed E-state index contributed by atoms with van der Waals surface area (Å²) in [6.07, 6.45) is 4.03. The lowest BCUT2D eigenvalue weighted by molar-refractivity contribution is -0.141. The number of anilines is 1. The number of nitrogens with one attached hydrogen (secondary N) is 1. The number of carbonyl (C=O) groups is 1. The Labute approximate surface area is 102 Å². The standard InChI is InChI=1S/C14H19NO2/c1-3-14(2,13(16)17)15-12-8-7-10-5-4-6-11(10)9-12/h7-9,15H,3-6H2,1-2H3,(H,16,17). The third-order valence-electron chi connectivity index (χ3n) is 3.70. The highest BCUT2D eigenvalue weighted by Gasteiger charge is 2.30. The van der Waals surface area contributed by atoms with Gasteiger partial charge in [-0.05, 0) is 55.9 Å². The van der Waals surface area contributed by atoms with Gasteiger partial charge in [-0.15, -0.1) is 0 Å². The zero-order valence-electron chi connectivity index (χ0n) is 10.4. The summed E-state index contributed by atoms with van der Waals surface area (Å²) in [7, 11) is 0. The average molecular weight is 233 g/mol. The summed E-state index contributed by atoms with van der Waals surface area (Å²) in [4.78, 5) is 11.2. The Morgan fingerprint density at radius 1 is 1.41 bits per heavy atom. The van der Waals surface area contributed by atoms with Crippen LogP contribution in [0.15, 0.2) is 18.2 Å². The van der Waals surface area contributed by atoms with Gasteiger partial charge in [-0.25, -0.2) is 4.79 Å². The summed E-state index contributed by atoms with van der Waals surface area (Å²) in [5.41, 5.74) is 2.80. The van der Waals surface area contributed by atoms with Crippen LogP contribution >= 0.6 is 0 Å². The van der Waals surface area contributed by atoms with Crippen LogP contribution < -0.4 is 5.32 Å². The first-order chi connectivity index (χ1) is 8.05. The fourth-order valence-electron chi connectivity index (χ4n) is 2.26. The Morgan fingerprint density at radius 2 is 2.12 bits per heavy atom. The lowest BCUT2D eigenvalue weighted by Gasteiger charge is -2.26. The van der Waals surface area contributed by atoms with Crippen LogP contribution in [0.4, 0.5) is 5.69 Å². The smallest absolute Gasteiger partial charge is 0.329 e. The lowest BCUT2D eigenvalue weighted by Crippen LogP contribution is -2.42. The lowest BCUT2D eigenvalue weighted by atomic mass is 9.98. The Morgan fingerprint density at radius 3 is 2.76 bits per heavy atom. The van der Waals surface area contributed by atoms with Crippen LogP contribution in [0.3, 0.4) is 0 Å². The molecule has 3 heteroatoms. The molecule has 1 aromatic rings. The van der Waals surface area contributed by atoms with Crippen molar-refractivity contribution >= 4 is 11.7 Å². The summed E-state index contributed by atoms with van der Waals surface area (Å²) < 4.78 is 0. The number of fused-ring (bicyclic) bond motifs is 1. The molecular formula is C14H19NO2. The Bertz CT molecular complexity index is 442. The van der Waals surface area contributed by atoms with Crippen molar-refractivity contribution in [3.8, 4) is 0 Å². The molecule has 3 nitrogen and oxygen atoms in total. The van der Waals surface area contributed by atoms with Gasteiger partial charge in [0.25, 0.3) is 0 Å². The number of aryl methyl sites for hydroxylation is 2. The fraction of sp³-hybridized carbons (Fsp3) is 0.500. The number of aliphatic carboxylic acids is 1. The minimum Gasteiger partial charge on any atom is -0.480 e. The van der Waals surface area contributed by atoms with E-state index in [2.05, 4.69) is 17.4 Å². The molecule has 0 saturated heterocycles. The van der Waals surface area contributed by atoms with E-state index in [4.69, 9.17) is 0 Å². The Kier molecular flexibility index (Phi) is 3.09. The van der Waals surface area contributed by atoms with E-state index in [1.807, 2.05) is 13.0 Å². The summed E-state index contributed by atoms with van der Waals surface area (Å²) in [6, 6.07) is 6.20. The van der Waals surface area contributed by atoms with Crippen LogP contribution in [-0.4, -0.2) is 16.6 Å². The first-order valence-corrected chi connectivity index (χ1v) is 6.18. The van der Waals surface area contributed by atoms with Crippen molar-refractivity contribution in [3.05, 3.63) is 29.3 Å². The van der Waals surface area contributed by atoms with Gasteiger partial charge in [-0.2, -0.15) is 0 Å². The zero-order valence-corrected chi connectivity index (χ0v) is 10.4. The quantitative estimate of drug-likeness (QED) is 0.840. The van der Waals surface area contributed by atoms with Crippen LogP contribution in [-0.2, 0) is 17.6 Å². The minimum atomic E-state index is -0.882. The number of rotatable bonds is 4. The first kappa shape index (κ1) is 12.0. The second kappa shape index (κ2) is 4.40. The summed E-state index contributed by atoms with van der Waals surface area (Å²) in [5, 5.41) is 12.4. The largest absolute Gasteiger partial charge is 0.480 e. The highest BCUT2D eigenvalue weighted by Crippen LogP contribution is 2.27. The molecule has 1 atom stereocenters. The predicted octanol–water partition coefficient (Wildman–Crippen LogP) is 2.84. The van der Waals surface area contributed by atoms with Gasteiger partial charge in [0, 0.05) is 5.69 Å². The molecule has 2 rings (SSSR count). The van der Waals surface area contributed by atoms with Crippen LogP contribution in [0, 0.1) is 0 Å². The minimum absolute atomic E-state index is 0.555. The van der Waals surface area contributed by atoms with Gasteiger partial charge in [0.15, 0.2) is 0 Å². The number of benzene rings is 1. The third-order valence-corrected chi connectivity index (χ3v) is 3.70. The van der Waals surface area contributed by atoms with Gasteiger partial charge in [0.05, 0.1) is 0 Å². The number of hydrogen-bond donors (Lipinski definition) is 2. The van der Waals surface area contributed by atoms with Crippen molar-refractivity contribution in [2.75, 3.05) is 5.32 Å². The highest BCUT2D eigenvalue weighted by atomic mass is 16.4. The fourth-order valence-corrected chi connectivity index (χ4v) is 2.26. The van der Waals surface area contributed by atoms with Crippen molar-refractivity contribution in [2.24, 2.45) is 0 Å². The van der Waals surface area contributed by atoms with Gasteiger partial charge >= 0.3 is 5.97 Å². The molecule has 17 heavy (non-hydrogen) atoms. The topological polar surface area (TPSA) is 49.3 Å². The normalized spacial score (nSPS) is 17.3.